The van der Waals surface area contributed by atoms with Gasteiger partial charge in [-0.1, -0.05) is 15.9 Å². The van der Waals surface area contributed by atoms with Crippen molar-refractivity contribution < 1.29 is 9.90 Å². The fourth-order valence-electron chi connectivity index (χ4n) is 1.30. The molecule has 0 saturated heterocycles. The fraction of sp³-hybridized carbons (Fsp3) is 0.100. The summed E-state index contributed by atoms with van der Waals surface area (Å²) in [6.45, 7) is 0. The number of benzene rings is 1. The number of aromatic carboxylic acids is 1. The molecule has 0 saturated carbocycles. The van der Waals surface area contributed by atoms with Gasteiger partial charge in [0.25, 0.3) is 0 Å². The van der Waals surface area contributed by atoms with Crippen LogP contribution in [0, 0.1) is 0 Å². The highest BCUT2D eigenvalue weighted by molar-refractivity contribution is 9.08. The van der Waals surface area contributed by atoms with Gasteiger partial charge in [-0.25, -0.2) is 4.79 Å². The Morgan fingerprint density at radius 2 is 2.21 bits per heavy atom. The monoisotopic (exact) mass is 270 g/mol. The smallest absolute Gasteiger partial charge is 0.335 e. The zero-order valence-electron chi connectivity index (χ0n) is 7.16. The maximum atomic E-state index is 10.7. The van der Waals surface area contributed by atoms with Gasteiger partial charge in [0.05, 0.1) is 5.56 Å². The Kier molecular flexibility index (Phi) is 2.56. The molecule has 0 bridgehead atoms. The molecule has 1 aromatic heterocycles. The molecule has 2 rings (SSSR count). The van der Waals surface area contributed by atoms with E-state index in [9.17, 15) is 4.79 Å². The molecule has 0 fully saturated rings. The number of halogens is 1. The first-order valence-electron chi connectivity index (χ1n) is 4.02. The van der Waals surface area contributed by atoms with Gasteiger partial charge in [0, 0.05) is 14.9 Å². The highest BCUT2D eigenvalue weighted by Crippen LogP contribution is 2.27. The minimum absolute atomic E-state index is 0.344. The van der Waals surface area contributed by atoms with Crippen molar-refractivity contribution in [1.82, 2.24) is 0 Å². The summed E-state index contributed by atoms with van der Waals surface area (Å²) in [5.41, 5.74) is 0.344. The average Bonchev–Trinajstić information content (AvgIpc) is 2.58. The van der Waals surface area contributed by atoms with Crippen LogP contribution in [0.25, 0.3) is 10.1 Å². The molecule has 2 aromatic rings. The summed E-state index contributed by atoms with van der Waals surface area (Å²) in [4.78, 5) is 11.9. The van der Waals surface area contributed by atoms with Crippen molar-refractivity contribution in [2.24, 2.45) is 0 Å². The van der Waals surface area contributed by atoms with Gasteiger partial charge in [0.2, 0.25) is 0 Å². The molecule has 1 heterocycles. The van der Waals surface area contributed by atoms with E-state index in [2.05, 4.69) is 15.9 Å². The molecule has 2 nitrogen and oxygen atoms in total. The molecule has 1 aromatic carbocycles. The Morgan fingerprint density at radius 1 is 1.43 bits per heavy atom. The van der Waals surface area contributed by atoms with Gasteiger partial charge >= 0.3 is 5.97 Å². The van der Waals surface area contributed by atoms with Crippen molar-refractivity contribution in [3.05, 3.63) is 34.7 Å². The first-order valence-corrected chi connectivity index (χ1v) is 5.96. The lowest BCUT2D eigenvalue weighted by Gasteiger charge is -1.92. The van der Waals surface area contributed by atoms with E-state index in [0.29, 0.717) is 5.56 Å². The minimum Gasteiger partial charge on any atom is -0.478 e. The Balaban J connectivity index is 2.59. The lowest BCUT2D eigenvalue weighted by molar-refractivity contribution is 0.0697. The first-order chi connectivity index (χ1) is 6.70. The Hall–Kier alpha value is -0.870. The van der Waals surface area contributed by atoms with Gasteiger partial charge in [-0.05, 0) is 29.7 Å². The number of fused-ring (bicyclic) bond motifs is 1. The van der Waals surface area contributed by atoms with Crippen LogP contribution in [0.1, 0.15) is 15.2 Å². The summed E-state index contributed by atoms with van der Waals surface area (Å²) in [5, 5.41) is 10.6. The van der Waals surface area contributed by atoms with E-state index < -0.39 is 5.97 Å². The summed E-state index contributed by atoms with van der Waals surface area (Å²) in [6, 6.07) is 7.22. The molecule has 1 N–H and O–H groups in total. The summed E-state index contributed by atoms with van der Waals surface area (Å²) in [5.74, 6) is -0.876. The molecule has 0 aliphatic carbocycles. The van der Waals surface area contributed by atoms with Crippen molar-refractivity contribution in [2.75, 3.05) is 0 Å². The second-order valence-electron chi connectivity index (χ2n) is 2.90. The third kappa shape index (κ3) is 1.67. The van der Waals surface area contributed by atoms with E-state index >= 15 is 0 Å². The van der Waals surface area contributed by atoms with E-state index in [1.807, 2.05) is 12.1 Å². The van der Waals surface area contributed by atoms with Crippen molar-refractivity contribution >= 4 is 43.3 Å². The lowest BCUT2D eigenvalue weighted by Crippen LogP contribution is -1.94. The molecule has 0 aliphatic heterocycles. The maximum absolute atomic E-state index is 10.7. The van der Waals surface area contributed by atoms with Crippen molar-refractivity contribution in [2.45, 2.75) is 5.33 Å². The first kappa shape index (κ1) is 9.68. The molecule has 4 heteroatoms. The molecule has 0 amide bonds. The molecule has 0 atom stereocenters. The minimum atomic E-state index is -0.876. The van der Waals surface area contributed by atoms with Crippen molar-refractivity contribution in [1.29, 1.82) is 0 Å². The molecule has 0 spiro atoms. The number of thiophene rings is 1. The van der Waals surface area contributed by atoms with Gasteiger partial charge in [-0.15, -0.1) is 11.3 Å². The Morgan fingerprint density at radius 3 is 2.86 bits per heavy atom. The molecular weight excluding hydrogens is 264 g/mol. The van der Waals surface area contributed by atoms with Crippen molar-refractivity contribution in [3.8, 4) is 0 Å². The number of carboxylic acid groups (broad SMARTS) is 1. The number of rotatable bonds is 2. The predicted octanol–water partition coefficient (Wildman–Crippen LogP) is 3.49. The topological polar surface area (TPSA) is 37.3 Å². The highest BCUT2D eigenvalue weighted by atomic mass is 79.9. The van der Waals surface area contributed by atoms with Gasteiger partial charge in [-0.3, -0.25) is 0 Å². The number of alkyl halides is 1. The molecule has 0 aliphatic rings. The van der Waals surface area contributed by atoms with Crippen LogP contribution in [0.15, 0.2) is 24.3 Å². The summed E-state index contributed by atoms with van der Waals surface area (Å²) in [7, 11) is 0. The van der Waals surface area contributed by atoms with E-state index in [4.69, 9.17) is 5.11 Å². The van der Waals surface area contributed by atoms with Crippen LogP contribution >= 0.6 is 27.3 Å². The average molecular weight is 271 g/mol. The normalized spacial score (nSPS) is 10.6. The summed E-state index contributed by atoms with van der Waals surface area (Å²) < 4.78 is 1.13. The van der Waals surface area contributed by atoms with Gasteiger partial charge in [0.1, 0.15) is 0 Å². The third-order valence-corrected chi connectivity index (χ3v) is 4.04. The second kappa shape index (κ2) is 3.71. The number of hydrogen-bond acceptors (Lipinski definition) is 2. The fourth-order valence-corrected chi connectivity index (χ4v) is 2.70. The van der Waals surface area contributed by atoms with Crippen LogP contribution in [-0.4, -0.2) is 11.1 Å². The number of hydrogen-bond donors (Lipinski definition) is 1. The van der Waals surface area contributed by atoms with E-state index in [1.54, 1.807) is 23.5 Å². The molecule has 14 heavy (non-hydrogen) atoms. The molecule has 0 radical (unpaired) electrons. The number of carboxylic acids is 1. The Labute approximate surface area is 93.3 Å². The van der Waals surface area contributed by atoms with E-state index in [0.717, 1.165) is 15.4 Å². The predicted molar refractivity (Wildman–Crippen MR) is 61.4 cm³/mol. The van der Waals surface area contributed by atoms with Crippen LogP contribution in [0.4, 0.5) is 0 Å². The number of carbonyl (C=O) groups is 1. The molecule has 0 unspecified atom stereocenters. The van der Waals surface area contributed by atoms with Gasteiger partial charge in [0.15, 0.2) is 0 Å². The maximum Gasteiger partial charge on any atom is 0.335 e. The van der Waals surface area contributed by atoms with Crippen LogP contribution in [-0.2, 0) is 5.33 Å². The van der Waals surface area contributed by atoms with Gasteiger partial charge < -0.3 is 5.11 Å². The van der Waals surface area contributed by atoms with Crippen LogP contribution in [0.5, 0.6) is 0 Å². The second-order valence-corrected chi connectivity index (χ2v) is 4.63. The SMILES string of the molecule is O=C(O)c1ccc2sc(CBr)cc2c1. The third-order valence-electron chi connectivity index (χ3n) is 1.95. The zero-order valence-corrected chi connectivity index (χ0v) is 9.56. The van der Waals surface area contributed by atoms with E-state index in [1.165, 1.54) is 4.88 Å². The molecular formula is C10H7BrO2S. The largest absolute Gasteiger partial charge is 0.478 e. The van der Waals surface area contributed by atoms with E-state index in [-0.39, 0.29) is 0 Å². The van der Waals surface area contributed by atoms with Gasteiger partial charge in [-0.2, -0.15) is 0 Å². The molecule has 72 valence electrons. The standard InChI is InChI=1S/C10H7BrO2S/c11-5-8-4-7-3-6(10(12)13)1-2-9(7)14-8/h1-4H,5H2,(H,12,13). The zero-order chi connectivity index (χ0) is 10.1. The van der Waals surface area contributed by atoms with Crippen molar-refractivity contribution in [3.63, 3.8) is 0 Å². The summed E-state index contributed by atoms with van der Waals surface area (Å²) >= 11 is 5.06. The quantitative estimate of drug-likeness (QED) is 0.849. The lowest BCUT2D eigenvalue weighted by atomic mass is 10.2. The summed E-state index contributed by atoms with van der Waals surface area (Å²) in [6.07, 6.45) is 0. The van der Waals surface area contributed by atoms with Crippen LogP contribution in [0.3, 0.4) is 0 Å². The highest BCUT2D eigenvalue weighted by Gasteiger charge is 2.05. The Bertz CT molecular complexity index is 490. The van der Waals surface area contributed by atoms with Crippen LogP contribution in [0.2, 0.25) is 0 Å². The van der Waals surface area contributed by atoms with Crippen LogP contribution < -0.4 is 0 Å².